The summed E-state index contributed by atoms with van der Waals surface area (Å²) in [4.78, 5) is 26.2. The van der Waals surface area contributed by atoms with Gasteiger partial charge in [-0.1, -0.05) is 6.07 Å². The number of carbonyl (C=O) groups excluding carboxylic acids is 2. The van der Waals surface area contributed by atoms with Gasteiger partial charge in [0.2, 0.25) is 5.91 Å². The molecule has 1 aliphatic heterocycles. The molecule has 7 heteroatoms. The summed E-state index contributed by atoms with van der Waals surface area (Å²) in [7, 11) is 1.77. The highest BCUT2D eigenvalue weighted by atomic mass is 19.1. The van der Waals surface area contributed by atoms with Gasteiger partial charge in [0.15, 0.2) is 0 Å². The van der Waals surface area contributed by atoms with Crippen molar-refractivity contribution >= 4 is 17.5 Å². The maximum Gasteiger partial charge on any atom is 0.252 e. The molecule has 2 heterocycles. The number of benzene rings is 1. The Morgan fingerprint density at radius 2 is 2.22 bits per heavy atom. The molecule has 0 unspecified atom stereocenters. The van der Waals surface area contributed by atoms with Gasteiger partial charge in [-0.3, -0.25) is 14.3 Å². The molecule has 1 aliphatic rings. The normalized spacial score (nSPS) is 17.6. The van der Waals surface area contributed by atoms with Crippen LogP contribution in [0.3, 0.4) is 0 Å². The van der Waals surface area contributed by atoms with Crippen molar-refractivity contribution in [1.29, 1.82) is 0 Å². The van der Waals surface area contributed by atoms with Crippen LogP contribution < -0.4 is 10.2 Å². The van der Waals surface area contributed by atoms with E-state index in [9.17, 15) is 14.0 Å². The van der Waals surface area contributed by atoms with E-state index >= 15 is 0 Å². The van der Waals surface area contributed by atoms with Crippen molar-refractivity contribution < 1.29 is 14.0 Å². The Hall–Kier alpha value is -2.70. The van der Waals surface area contributed by atoms with Crippen LogP contribution in [0.2, 0.25) is 0 Å². The number of amides is 2. The maximum atomic E-state index is 13.6. The van der Waals surface area contributed by atoms with Crippen molar-refractivity contribution in [3.63, 3.8) is 0 Å². The van der Waals surface area contributed by atoms with Crippen LogP contribution in [0.15, 0.2) is 30.6 Å². The molecule has 0 radical (unpaired) electrons. The van der Waals surface area contributed by atoms with E-state index in [1.54, 1.807) is 48.1 Å². The number of hydrogen-bond donors (Lipinski definition) is 1. The van der Waals surface area contributed by atoms with Crippen LogP contribution in [0.1, 0.15) is 22.3 Å². The Balaban J connectivity index is 1.70. The topological polar surface area (TPSA) is 67.2 Å². The standard InChI is InChI=1S/C16H17FN4O2/c1-10-3-4-11(7-13(10)17)15(22)19-14-5-6-21(16(14)23)12-8-18-20(2)9-12/h3-4,7-9,14H,5-6H2,1-2H3,(H,19,22)/t14-/m1/s1. The van der Waals surface area contributed by atoms with Crippen LogP contribution in [-0.2, 0) is 11.8 Å². The number of halogens is 1. The van der Waals surface area contributed by atoms with E-state index in [2.05, 4.69) is 10.4 Å². The van der Waals surface area contributed by atoms with Gasteiger partial charge in [0.1, 0.15) is 11.9 Å². The summed E-state index contributed by atoms with van der Waals surface area (Å²) in [5.41, 5.74) is 1.39. The van der Waals surface area contributed by atoms with E-state index in [0.29, 0.717) is 24.2 Å². The van der Waals surface area contributed by atoms with E-state index in [-0.39, 0.29) is 11.5 Å². The molecule has 0 aliphatic carbocycles. The minimum Gasteiger partial charge on any atom is -0.340 e. The van der Waals surface area contributed by atoms with Gasteiger partial charge >= 0.3 is 0 Å². The third kappa shape index (κ3) is 2.94. The molecule has 3 rings (SSSR count). The number of carbonyl (C=O) groups is 2. The van der Waals surface area contributed by atoms with Gasteiger partial charge < -0.3 is 10.2 Å². The van der Waals surface area contributed by atoms with Crippen molar-refractivity contribution in [2.24, 2.45) is 7.05 Å². The molecule has 1 aromatic carbocycles. The highest BCUT2D eigenvalue weighted by Crippen LogP contribution is 2.21. The number of hydrogen-bond acceptors (Lipinski definition) is 3. The maximum absolute atomic E-state index is 13.6. The molecule has 1 aromatic heterocycles. The third-order valence-corrected chi connectivity index (χ3v) is 3.95. The Morgan fingerprint density at radius 3 is 2.87 bits per heavy atom. The van der Waals surface area contributed by atoms with Crippen LogP contribution in [0.25, 0.3) is 0 Å². The number of aromatic nitrogens is 2. The number of rotatable bonds is 3. The smallest absolute Gasteiger partial charge is 0.252 e. The summed E-state index contributed by atoms with van der Waals surface area (Å²) in [6.45, 7) is 2.14. The highest BCUT2D eigenvalue weighted by molar-refractivity contribution is 6.03. The Kier molecular flexibility index (Phi) is 3.85. The lowest BCUT2D eigenvalue weighted by molar-refractivity contribution is -0.118. The van der Waals surface area contributed by atoms with Crippen molar-refractivity contribution in [1.82, 2.24) is 15.1 Å². The lowest BCUT2D eigenvalue weighted by atomic mass is 10.1. The van der Waals surface area contributed by atoms with Gasteiger partial charge in [-0.25, -0.2) is 4.39 Å². The van der Waals surface area contributed by atoms with Gasteiger partial charge in [-0.15, -0.1) is 0 Å². The van der Waals surface area contributed by atoms with Crippen LogP contribution >= 0.6 is 0 Å². The number of anilines is 1. The average Bonchev–Trinajstić information content (AvgIpc) is 3.09. The molecule has 1 saturated heterocycles. The van der Waals surface area contributed by atoms with Gasteiger partial charge in [0, 0.05) is 25.4 Å². The summed E-state index contributed by atoms with van der Waals surface area (Å²) in [5.74, 6) is -1.07. The summed E-state index contributed by atoms with van der Waals surface area (Å²) >= 11 is 0. The second-order valence-corrected chi connectivity index (χ2v) is 5.64. The van der Waals surface area contributed by atoms with Crippen LogP contribution in [0, 0.1) is 12.7 Å². The molecule has 0 saturated carbocycles. The molecule has 0 bridgehead atoms. The first-order chi connectivity index (χ1) is 11.0. The van der Waals surface area contributed by atoms with Gasteiger partial charge in [-0.2, -0.15) is 5.10 Å². The minimum absolute atomic E-state index is 0.182. The van der Waals surface area contributed by atoms with Crippen molar-refractivity contribution in [3.05, 3.63) is 47.5 Å². The molecule has 1 atom stereocenters. The van der Waals surface area contributed by atoms with E-state index in [0.717, 1.165) is 0 Å². The SMILES string of the molecule is Cc1ccc(C(=O)N[C@@H]2CCN(c3cnn(C)c3)C2=O)cc1F. The Bertz CT molecular complexity index is 771. The lowest BCUT2D eigenvalue weighted by Gasteiger charge is -2.15. The highest BCUT2D eigenvalue weighted by Gasteiger charge is 2.34. The monoisotopic (exact) mass is 316 g/mol. The molecule has 0 spiro atoms. The van der Waals surface area contributed by atoms with Crippen molar-refractivity contribution in [2.45, 2.75) is 19.4 Å². The molecule has 2 amide bonds. The van der Waals surface area contributed by atoms with Crippen molar-refractivity contribution in [3.8, 4) is 0 Å². The van der Waals surface area contributed by atoms with Gasteiger partial charge in [-0.05, 0) is 31.0 Å². The van der Waals surface area contributed by atoms with E-state index < -0.39 is 17.8 Å². The van der Waals surface area contributed by atoms with E-state index in [4.69, 9.17) is 0 Å². The fourth-order valence-corrected chi connectivity index (χ4v) is 2.59. The first-order valence-corrected chi connectivity index (χ1v) is 7.33. The largest absolute Gasteiger partial charge is 0.340 e. The van der Waals surface area contributed by atoms with Crippen LogP contribution in [0.5, 0.6) is 0 Å². The number of nitrogens with one attached hydrogen (secondary N) is 1. The zero-order valence-electron chi connectivity index (χ0n) is 12.9. The number of aryl methyl sites for hydroxylation is 2. The molecule has 2 aromatic rings. The van der Waals surface area contributed by atoms with E-state index in [1.807, 2.05) is 0 Å². The van der Waals surface area contributed by atoms with Gasteiger partial charge in [0.05, 0.1) is 11.9 Å². The first-order valence-electron chi connectivity index (χ1n) is 7.33. The predicted molar refractivity (Wildman–Crippen MR) is 82.6 cm³/mol. The summed E-state index contributed by atoms with van der Waals surface area (Å²) < 4.78 is 15.2. The number of nitrogens with zero attached hydrogens (tertiary/aromatic N) is 3. The molecular weight excluding hydrogens is 299 g/mol. The van der Waals surface area contributed by atoms with Crippen molar-refractivity contribution in [2.75, 3.05) is 11.4 Å². The van der Waals surface area contributed by atoms with Gasteiger partial charge in [0.25, 0.3) is 5.91 Å². The van der Waals surface area contributed by atoms with E-state index in [1.165, 1.54) is 6.07 Å². The minimum atomic E-state index is -0.605. The summed E-state index contributed by atoms with van der Waals surface area (Å²) in [6, 6.07) is 3.67. The van der Waals surface area contributed by atoms with Crippen LogP contribution in [-0.4, -0.2) is 34.2 Å². The zero-order valence-corrected chi connectivity index (χ0v) is 12.9. The molecule has 1 fully saturated rings. The zero-order chi connectivity index (χ0) is 16.6. The molecule has 120 valence electrons. The lowest BCUT2D eigenvalue weighted by Crippen LogP contribution is -2.41. The Labute approximate surface area is 132 Å². The summed E-state index contributed by atoms with van der Waals surface area (Å²) in [5, 5.41) is 6.72. The second kappa shape index (κ2) is 5.83. The molecule has 6 nitrogen and oxygen atoms in total. The first kappa shape index (κ1) is 15.2. The molecular formula is C16H17FN4O2. The molecule has 1 N–H and O–H groups in total. The summed E-state index contributed by atoms with van der Waals surface area (Å²) in [6.07, 6.45) is 3.86. The fourth-order valence-electron chi connectivity index (χ4n) is 2.59. The Morgan fingerprint density at radius 1 is 1.43 bits per heavy atom. The predicted octanol–water partition coefficient (Wildman–Crippen LogP) is 1.40. The fraction of sp³-hybridized carbons (Fsp3) is 0.312. The second-order valence-electron chi connectivity index (χ2n) is 5.64. The average molecular weight is 316 g/mol. The quantitative estimate of drug-likeness (QED) is 0.931. The third-order valence-electron chi connectivity index (χ3n) is 3.95. The molecule has 23 heavy (non-hydrogen) atoms. The van der Waals surface area contributed by atoms with Crippen LogP contribution in [0.4, 0.5) is 10.1 Å².